The standard InChI is InChI=1S/C22H30O4/c1-15(2)13-25-21-8-7-18(10-22(21)26-14-16(3)4)20-9-17(11-23)5-6-19(20)12-24/h5-10,15-16,23-24H,11-14H2,1-4H3. The van der Waals surface area contributed by atoms with Crippen LogP contribution in [0.25, 0.3) is 11.1 Å². The summed E-state index contributed by atoms with van der Waals surface area (Å²) in [5, 5.41) is 19.1. The van der Waals surface area contributed by atoms with E-state index in [0.29, 0.717) is 30.8 Å². The zero-order valence-corrected chi connectivity index (χ0v) is 16.2. The fraction of sp³-hybridized carbons (Fsp3) is 0.455. The van der Waals surface area contributed by atoms with Crippen LogP contribution >= 0.6 is 0 Å². The summed E-state index contributed by atoms with van der Waals surface area (Å²) in [5.74, 6) is 2.26. The van der Waals surface area contributed by atoms with E-state index < -0.39 is 0 Å². The van der Waals surface area contributed by atoms with Crippen molar-refractivity contribution in [3.8, 4) is 22.6 Å². The van der Waals surface area contributed by atoms with E-state index in [9.17, 15) is 10.2 Å². The van der Waals surface area contributed by atoms with E-state index in [1.165, 1.54) is 0 Å². The van der Waals surface area contributed by atoms with E-state index in [1.54, 1.807) is 0 Å². The fourth-order valence-electron chi connectivity index (χ4n) is 2.55. The SMILES string of the molecule is CC(C)COc1ccc(-c2cc(CO)ccc2CO)cc1OCC(C)C. The maximum atomic E-state index is 9.67. The molecule has 0 saturated carbocycles. The zero-order valence-electron chi connectivity index (χ0n) is 16.2. The van der Waals surface area contributed by atoms with Crippen LogP contribution in [0.15, 0.2) is 36.4 Å². The van der Waals surface area contributed by atoms with Gasteiger partial charge < -0.3 is 19.7 Å². The molecule has 142 valence electrons. The van der Waals surface area contributed by atoms with E-state index in [2.05, 4.69) is 27.7 Å². The van der Waals surface area contributed by atoms with Crippen molar-refractivity contribution in [2.24, 2.45) is 11.8 Å². The number of aliphatic hydroxyl groups excluding tert-OH is 2. The first-order valence-corrected chi connectivity index (χ1v) is 9.18. The minimum absolute atomic E-state index is 0.0367. The van der Waals surface area contributed by atoms with Crippen LogP contribution in [0.3, 0.4) is 0 Å². The van der Waals surface area contributed by atoms with E-state index in [1.807, 2.05) is 36.4 Å². The van der Waals surface area contributed by atoms with Crippen LogP contribution in [0.4, 0.5) is 0 Å². The largest absolute Gasteiger partial charge is 0.489 e. The molecule has 0 aliphatic rings. The smallest absolute Gasteiger partial charge is 0.161 e. The third kappa shape index (κ3) is 5.48. The summed E-state index contributed by atoms with van der Waals surface area (Å²) in [6, 6.07) is 11.4. The topological polar surface area (TPSA) is 58.9 Å². The van der Waals surface area contributed by atoms with Gasteiger partial charge in [-0.1, -0.05) is 45.9 Å². The van der Waals surface area contributed by atoms with Gasteiger partial charge in [0.1, 0.15) is 0 Å². The second-order valence-corrected chi connectivity index (χ2v) is 7.38. The van der Waals surface area contributed by atoms with Gasteiger partial charge in [-0.15, -0.1) is 0 Å². The molecule has 0 aliphatic heterocycles. The highest BCUT2D eigenvalue weighted by atomic mass is 16.5. The van der Waals surface area contributed by atoms with E-state index in [4.69, 9.17) is 9.47 Å². The summed E-state index contributed by atoms with van der Waals surface area (Å²) in [7, 11) is 0. The lowest BCUT2D eigenvalue weighted by Gasteiger charge is -2.17. The maximum Gasteiger partial charge on any atom is 0.161 e. The number of rotatable bonds is 9. The molecule has 4 nitrogen and oxygen atoms in total. The molecule has 2 aromatic rings. The first kappa shape index (κ1) is 20.3. The highest BCUT2D eigenvalue weighted by Crippen LogP contribution is 2.35. The zero-order chi connectivity index (χ0) is 19.1. The first-order valence-electron chi connectivity index (χ1n) is 9.18. The summed E-state index contributed by atoms with van der Waals surface area (Å²) < 4.78 is 11.9. The third-order valence-corrected chi connectivity index (χ3v) is 3.93. The Morgan fingerprint density at radius 2 is 1.42 bits per heavy atom. The molecule has 0 heterocycles. The number of benzene rings is 2. The van der Waals surface area contributed by atoms with Gasteiger partial charge in [-0.3, -0.25) is 0 Å². The van der Waals surface area contributed by atoms with E-state index in [-0.39, 0.29) is 13.2 Å². The Balaban J connectivity index is 2.41. The summed E-state index contributed by atoms with van der Waals surface area (Å²) in [4.78, 5) is 0. The molecule has 0 aromatic heterocycles. The lowest BCUT2D eigenvalue weighted by molar-refractivity contribution is 0.229. The van der Waals surface area contributed by atoms with Gasteiger partial charge in [0.05, 0.1) is 26.4 Å². The Labute approximate surface area is 156 Å². The highest BCUT2D eigenvalue weighted by molar-refractivity contribution is 5.71. The predicted molar refractivity (Wildman–Crippen MR) is 104 cm³/mol. The molecule has 0 spiro atoms. The van der Waals surface area contributed by atoms with Crippen molar-refractivity contribution in [2.45, 2.75) is 40.9 Å². The molecule has 0 atom stereocenters. The average Bonchev–Trinajstić information content (AvgIpc) is 2.64. The van der Waals surface area contributed by atoms with Crippen molar-refractivity contribution >= 4 is 0 Å². The summed E-state index contributed by atoms with van der Waals surface area (Å²) >= 11 is 0. The van der Waals surface area contributed by atoms with Gasteiger partial charge in [0, 0.05) is 0 Å². The summed E-state index contributed by atoms with van der Waals surface area (Å²) in [6.07, 6.45) is 0. The van der Waals surface area contributed by atoms with Crippen molar-refractivity contribution in [3.05, 3.63) is 47.5 Å². The van der Waals surface area contributed by atoms with Crippen LogP contribution < -0.4 is 9.47 Å². The highest BCUT2D eigenvalue weighted by Gasteiger charge is 2.12. The molecule has 0 bridgehead atoms. The molecule has 26 heavy (non-hydrogen) atoms. The minimum atomic E-state index is -0.0607. The molecule has 0 amide bonds. The monoisotopic (exact) mass is 358 g/mol. The van der Waals surface area contributed by atoms with Gasteiger partial charge in [-0.05, 0) is 52.3 Å². The van der Waals surface area contributed by atoms with Crippen LogP contribution in [0.2, 0.25) is 0 Å². The molecule has 0 unspecified atom stereocenters. The van der Waals surface area contributed by atoms with E-state index >= 15 is 0 Å². The van der Waals surface area contributed by atoms with Gasteiger partial charge in [-0.25, -0.2) is 0 Å². The van der Waals surface area contributed by atoms with Crippen LogP contribution in [-0.4, -0.2) is 23.4 Å². The van der Waals surface area contributed by atoms with E-state index in [0.717, 1.165) is 28.0 Å². The summed E-state index contributed by atoms with van der Waals surface area (Å²) in [5.41, 5.74) is 3.44. The van der Waals surface area contributed by atoms with Crippen LogP contribution in [0.1, 0.15) is 38.8 Å². The third-order valence-electron chi connectivity index (χ3n) is 3.93. The fourth-order valence-corrected chi connectivity index (χ4v) is 2.55. The normalized spacial score (nSPS) is 11.2. The van der Waals surface area contributed by atoms with Gasteiger partial charge >= 0.3 is 0 Å². The molecule has 0 fully saturated rings. The van der Waals surface area contributed by atoms with Crippen molar-refractivity contribution < 1.29 is 19.7 Å². The van der Waals surface area contributed by atoms with Crippen molar-refractivity contribution in [2.75, 3.05) is 13.2 Å². The first-order chi connectivity index (χ1) is 12.4. The second-order valence-electron chi connectivity index (χ2n) is 7.38. The van der Waals surface area contributed by atoms with Crippen molar-refractivity contribution in [1.82, 2.24) is 0 Å². The van der Waals surface area contributed by atoms with Crippen LogP contribution in [-0.2, 0) is 13.2 Å². The number of aliphatic hydroxyl groups is 2. The molecule has 2 N–H and O–H groups in total. The molecular weight excluding hydrogens is 328 g/mol. The van der Waals surface area contributed by atoms with Gasteiger partial charge in [0.2, 0.25) is 0 Å². The molecule has 0 radical (unpaired) electrons. The van der Waals surface area contributed by atoms with Crippen LogP contribution in [0.5, 0.6) is 11.5 Å². The van der Waals surface area contributed by atoms with Crippen LogP contribution in [0, 0.1) is 11.8 Å². The van der Waals surface area contributed by atoms with Crippen molar-refractivity contribution in [1.29, 1.82) is 0 Å². The molecule has 0 saturated heterocycles. The number of ether oxygens (including phenoxy) is 2. The van der Waals surface area contributed by atoms with Crippen molar-refractivity contribution in [3.63, 3.8) is 0 Å². The summed E-state index contributed by atoms with van der Waals surface area (Å²) in [6.45, 7) is 9.55. The molecular formula is C22H30O4. The van der Waals surface area contributed by atoms with Gasteiger partial charge in [0.15, 0.2) is 11.5 Å². The quantitative estimate of drug-likeness (QED) is 0.697. The number of hydrogen-bond acceptors (Lipinski definition) is 4. The Morgan fingerprint density at radius 3 is 2.00 bits per heavy atom. The number of hydrogen-bond donors (Lipinski definition) is 2. The predicted octanol–water partition coefficient (Wildman–Crippen LogP) is 4.41. The molecule has 2 aromatic carbocycles. The molecule has 0 aliphatic carbocycles. The Morgan fingerprint density at radius 1 is 0.769 bits per heavy atom. The van der Waals surface area contributed by atoms with Gasteiger partial charge in [0.25, 0.3) is 0 Å². The lowest BCUT2D eigenvalue weighted by Crippen LogP contribution is -2.09. The molecule has 4 heteroatoms. The minimum Gasteiger partial charge on any atom is -0.489 e. The van der Waals surface area contributed by atoms with Gasteiger partial charge in [-0.2, -0.15) is 0 Å². The Bertz CT molecular complexity index is 707. The average molecular weight is 358 g/mol. The lowest BCUT2D eigenvalue weighted by atomic mass is 9.97. The Kier molecular flexibility index (Phi) is 7.49. The molecule has 2 rings (SSSR count). The second kappa shape index (κ2) is 9.60. The maximum absolute atomic E-state index is 9.67. The Hall–Kier alpha value is -2.04.